The van der Waals surface area contributed by atoms with Crippen LogP contribution in [0.3, 0.4) is 0 Å². The molecule has 3 N–H and O–H groups in total. The van der Waals surface area contributed by atoms with Gasteiger partial charge in [-0.1, -0.05) is 0 Å². The highest BCUT2D eigenvalue weighted by Gasteiger charge is 2.20. The van der Waals surface area contributed by atoms with E-state index in [-0.39, 0.29) is 18.3 Å². The highest BCUT2D eigenvalue weighted by Crippen LogP contribution is 2.05. The molecule has 8 nitrogen and oxygen atoms in total. The summed E-state index contributed by atoms with van der Waals surface area (Å²) in [5.41, 5.74) is 4.96. The van der Waals surface area contributed by atoms with Crippen molar-refractivity contribution >= 4 is 11.7 Å². The van der Waals surface area contributed by atoms with Crippen LogP contribution in [-0.2, 0) is 11.3 Å². The average Bonchev–Trinajstić information content (AvgIpc) is 2.65. The average molecular weight is 241 g/mol. The predicted octanol–water partition coefficient (Wildman–Crippen LogP) is -0.355. The number of rotatable bonds is 5. The number of hydrogen-bond donors (Lipinski definition) is 2. The quantitative estimate of drug-likeness (QED) is 0.539. The van der Waals surface area contributed by atoms with Crippen molar-refractivity contribution in [3.8, 4) is 0 Å². The second-order valence-corrected chi connectivity index (χ2v) is 4.26. The Morgan fingerprint density at radius 3 is 2.82 bits per heavy atom. The van der Waals surface area contributed by atoms with E-state index in [0.717, 1.165) is 0 Å². The van der Waals surface area contributed by atoms with Gasteiger partial charge in [-0.3, -0.25) is 4.79 Å². The summed E-state index contributed by atoms with van der Waals surface area (Å²) in [7, 11) is 0. The first-order valence-corrected chi connectivity index (χ1v) is 5.03. The molecule has 1 rings (SSSR count). The Labute approximate surface area is 97.9 Å². The third-order valence-electron chi connectivity index (χ3n) is 2.11. The number of carbonyl (C=O) groups is 1. The van der Waals surface area contributed by atoms with E-state index in [1.54, 1.807) is 13.8 Å². The van der Waals surface area contributed by atoms with Gasteiger partial charge in [0.25, 0.3) is 0 Å². The molecule has 0 aliphatic carbocycles. The van der Waals surface area contributed by atoms with Crippen molar-refractivity contribution in [3.05, 3.63) is 22.4 Å². The second-order valence-electron chi connectivity index (χ2n) is 4.26. The van der Waals surface area contributed by atoms with Gasteiger partial charge in [-0.15, -0.1) is 0 Å². The maximum atomic E-state index is 11.6. The fraction of sp³-hybridized carbons (Fsp3) is 0.556. The van der Waals surface area contributed by atoms with E-state index in [9.17, 15) is 14.9 Å². The Bertz CT molecular complexity index is 426. The maximum Gasteiger partial charge on any atom is 0.389 e. The molecule has 8 heteroatoms. The molecule has 0 aliphatic heterocycles. The van der Waals surface area contributed by atoms with Gasteiger partial charge in [0.15, 0.2) is 0 Å². The molecule has 0 saturated heterocycles. The second kappa shape index (κ2) is 4.91. The molecule has 1 heterocycles. The standard InChI is InChI=1S/C9H15N5O3/c1-9(2,6-10)11-8(15)5-13-4-3-7(12-13)14(16)17/h3-4H,5-6,10H2,1-2H3,(H,11,15). The Hall–Kier alpha value is -1.96. The van der Waals surface area contributed by atoms with E-state index in [2.05, 4.69) is 10.4 Å². The number of nitro groups is 1. The van der Waals surface area contributed by atoms with Crippen molar-refractivity contribution in [2.24, 2.45) is 5.73 Å². The molecule has 0 atom stereocenters. The summed E-state index contributed by atoms with van der Waals surface area (Å²) in [5.74, 6) is -0.575. The van der Waals surface area contributed by atoms with Crippen LogP contribution >= 0.6 is 0 Å². The first kappa shape index (κ1) is 13.1. The molecule has 0 aromatic carbocycles. The summed E-state index contributed by atoms with van der Waals surface area (Å²) in [6.45, 7) is 3.81. The van der Waals surface area contributed by atoms with Crippen LogP contribution in [0.4, 0.5) is 5.82 Å². The SMILES string of the molecule is CC(C)(CN)NC(=O)Cn1ccc([N+](=O)[O-])n1. The predicted molar refractivity (Wildman–Crippen MR) is 60.2 cm³/mol. The van der Waals surface area contributed by atoms with Crippen molar-refractivity contribution in [2.45, 2.75) is 25.9 Å². The number of carbonyl (C=O) groups excluding carboxylic acids is 1. The van der Waals surface area contributed by atoms with Gasteiger partial charge < -0.3 is 21.2 Å². The lowest BCUT2D eigenvalue weighted by atomic mass is 10.1. The van der Waals surface area contributed by atoms with Crippen molar-refractivity contribution in [1.82, 2.24) is 15.1 Å². The minimum atomic E-state index is -0.613. The van der Waals surface area contributed by atoms with Gasteiger partial charge in [0.2, 0.25) is 5.91 Å². The van der Waals surface area contributed by atoms with E-state index in [4.69, 9.17) is 5.73 Å². The summed E-state index contributed by atoms with van der Waals surface area (Å²) in [4.78, 5) is 21.3. The number of hydrogen-bond acceptors (Lipinski definition) is 5. The monoisotopic (exact) mass is 241 g/mol. The number of nitrogens with one attached hydrogen (secondary N) is 1. The van der Waals surface area contributed by atoms with Crippen LogP contribution in [0, 0.1) is 10.1 Å². The van der Waals surface area contributed by atoms with Crippen LogP contribution in [0.1, 0.15) is 13.8 Å². The van der Waals surface area contributed by atoms with E-state index >= 15 is 0 Å². The molecule has 17 heavy (non-hydrogen) atoms. The van der Waals surface area contributed by atoms with Crippen molar-refractivity contribution in [1.29, 1.82) is 0 Å². The molecule has 0 radical (unpaired) electrons. The Kier molecular flexibility index (Phi) is 3.79. The smallest absolute Gasteiger partial charge is 0.358 e. The van der Waals surface area contributed by atoms with Gasteiger partial charge in [0.05, 0.1) is 17.4 Å². The van der Waals surface area contributed by atoms with Gasteiger partial charge in [0, 0.05) is 12.1 Å². The molecule has 0 unspecified atom stereocenters. The molecule has 0 aliphatic rings. The van der Waals surface area contributed by atoms with Crippen molar-refractivity contribution in [3.63, 3.8) is 0 Å². The van der Waals surface area contributed by atoms with Gasteiger partial charge in [-0.2, -0.15) is 4.68 Å². The van der Waals surface area contributed by atoms with Crippen molar-refractivity contribution in [2.75, 3.05) is 6.54 Å². The van der Waals surface area contributed by atoms with E-state index < -0.39 is 10.5 Å². The van der Waals surface area contributed by atoms with Crippen LogP contribution in [-0.4, -0.2) is 32.7 Å². The Balaban J connectivity index is 2.59. The zero-order valence-corrected chi connectivity index (χ0v) is 9.71. The molecule has 0 spiro atoms. The molecule has 0 saturated carbocycles. The van der Waals surface area contributed by atoms with Crippen LogP contribution in [0.5, 0.6) is 0 Å². The first-order chi connectivity index (χ1) is 7.84. The minimum Gasteiger partial charge on any atom is -0.358 e. The lowest BCUT2D eigenvalue weighted by molar-refractivity contribution is -0.389. The normalized spacial score (nSPS) is 11.2. The van der Waals surface area contributed by atoms with Gasteiger partial charge >= 0.3 is 5.82 Å². The van der Waals surface area contributed by atoms with Crippen LogP contribution in [0.2, 0.25) is 0 Å². The largest absolute Gasteiger partial charge is 0.389 e. The van der Waals surface area contributed by atoms with Crippen LogP contribution in [0.25, 0.3) is 0 Å². The maximum absolute atomic E-state index is 11.6. The lowest BCUT2D eigenvalue weighted by Gasteiger charge is -2.23. The third kappa shape index (κ3) is 3.83. The fourth-order valence-electron chi connectivity index (χ4n) is 1.15. The molecular formula is C9H15N5O3. The minimum absolute atomic E-state index is 0.0722. The molecule has 1 amide bonds. The summed E-state index contributed by atoms with van der Waals surface area (Å²) in [6, 6.07) is 1.24. The number of nitrogens with zero attached hydrogens (tertiary/aromatic N) is 3. The topological polar surface area (TPSA) is 116 Å². The highest BCUT2D eigenvalue weighted by molar-refractivity contribution is 5.76. The molecule has 1 aromatic heterocycles. The zero-order chi connectivity index (χ0) is 13.1. The Morgan fingerprint density at radius 1 is 1.71 bits per heavy atom. The number of aromatic nitrogens is 2. The zero-order valence-electron chi connectivity index (χ0n) is 9.71. The van der Waals surface area contributed by atoms with Crippen LogP contribution < -0.4 is 11.1 Å². The van der Waals surface area contributed by atoms with E-state index in [1.165, 1.54) is 16.9 Å². The first-order valence-electron chi connectivity index (χ1n) is 5.03. The van der Waals surface area contributed by atoms with Crippen molar-refractivity contribution < 1.29 is 9.72 Å². The fourth-order valence-corrected chi connectivity index (χ4v) is 1.15. The summed E-state index contributed by atoms with van der Waals surface area (Å²) in [5, 5.41) is 16.7. The Morgan fingerprint density at radius 2 is 2.35 bits per heavy atom. The van der Waals surface area contributed by atoms with E-state index in [0.29, 0.717) is 6.54 Å². The van der Waals surface area contributed by atoms with Gasteiger partial charge in [-0.25, -0.2) is 0 Å². The molecular weight excluding hydrogens is 226 g/mol. The number of nitrogens with two attached hydrogens (primary N) is 1. The van der Waals surface area contributed by atoms with Gasteiger partial charge in [0.1, 0.15) is 6.54 Å². The van der Waals surface area contributed by atoms with Gasteiger partial charge in [-0.05, 0) is 18.8 Å². The van der Waals surface area contributed by atoms with Crippen LogP contribution in [0.15, 0.2) is 12.3 Å². The summed E-state index contributed by atoms with van der Waals surface area (Å²) >= 11 is 0. The highest BCUT2D eigenvalue weighted by atomic mass is 16.6. The molecule has 94 valence electrons. The van der Waals surface area contributed by atoms with E-state index in [1.807, 2.05) is 0 Å². The number of amides is 1. The summed E-state index contributed by atoms with van der Waals surface area (Å²) in [6.07, 6.45) is 1.38. The molecule has 1 aromatic rings. The summed E-state index contributed by atoms with van der Waals surface area (Å²) < 4.78 is 1.21. The third-order valence-corrected chi connectivity index (χ3v) is 2.11. The molecule has 0 bridgehead atoms. The molecule has 0 fully saturated rings. The lowest BCUT2D eigenvalue weighted by Crippen LogP contribution is -2.49.